The molecule has 0 spiro atoms. The zero-order valence-electron chi connectivity index (χ0n) is 10.2. The molecular formula is C13H18O3. The first-order valence-electron chi connectivity index (χ1n) is 5.38. The van der Waals surface area contributed by atoms with Gasteiger partial charge in [-0.05, 0) is 31.0 Å². The smallest absolute Gasteiger partial charge is 0.161 e. The SMILES string of the molecule is COc1cc(C=O)ccc1OC(C)C(C)C. The molecule has 0 aliphatic heterocycles. The van der Waals surface area contributed by atoms with Crippen LogP contribution in [0.4, 0.5) is 0 Å². The Morgan fingerprint density at radius 3 is 2.38 bits per heavy atom. The summed E-state index contributed by atoms with van der Waals surface area (Å²) in [6.45, 7) is 6.20. The molecule has 0 heterocycles. The summed E-state index contributed by atoms with van der Waals surface area (Å²) in [7, 11) is 1.57. The van der Waals surface area contributed by atoms with Gasteiger partial charge in [0.15, 0.2) is 11.5 Å². The van der Waals surface area contributed by atoms with Gasteiger partial charge >= 0.3 is 0 Å². The first-order chi connectivity index (χ1) is 7.58. The average Bonchev–Trinajstić information content (AvgIpc) is 2.29. The molecule has 0 amide bonds. The maximum Gasteiger partial charge on any atom is 0.161 e. The van der Waals surface area contributed by atoms with Crippen molar-refractivity contribution < 1.29 is 14.3 Å². The molecule has 1 aromatic rings. The van der Waals surface area contributed by atoms with E-state index in [0.29, 0.717) is 23.0 Å². The molecule has 16 heavy (non-hydrogen) atoms. The monoisotopic (exact) mass is 222 g/mol. The van der Waals surface area contributed by atoms with Gasteiger partial charge in [0.25, 0.3) is 0 Å². The predicted octanol–water partition coefficient (Wildman–Crippen LogP) is 2.93. The topological polar surface area (TPSA) is 35.5 Å². The molecule has 0 aliphatic rings. The van der Waals surface area contributed by atoms with Crippen LogP contribution in [0.25, 0.3) is 0 Å². The molecule has 0 aliphatic carbocycles. The molecule has 1 aromatic carbocycles. The van der Waals surface area contributed by atoms with Crippen molar-refractivity contribution in [2.24, 2.45) is 5.92 Å². The Labute approximate surface area is 96.4 Å². The van der Waals surface area contributed by atoms with E-state index in [2.05, 4.69) is 13.8 Å². The Morgan fingerprint density at radius 1 is 1.19 bits per heavy atom. The van der Waals surface area contributed by atoms with Crippen LogP contribution in [0.2, 0.25) is 0 Å². The highest BCUT2D eigenvalue weighted by Gasteiger charge is 2.12. The van der Waals surface area contributed by atoms with Crippen LogP contribution in [0.5, 0.6) is 11.5 Å². The number of hydrogen-bond acceptors (Lipinski definition) is 3. The largest absolute Gasteiger partial charge is 0.493 e. The third-order valence-electron chi connectivity index (χ3n) is 2.58. The highest BCUT2D eigenvalue weighted by Crippen LogP contribution is 2.29. The van der Waals surface area contributed by atoms with Gasteiger partial charge in [0.2, 0.25) is 0 Å². The minimum absolute atomic E-state index is 0.107. The van der Waals surface area contributed by atoms with E-state index in [0.717, 1.165) is 6.29 Å². The van der Waals surface area contributed by atoms with Crippen LogP contribution in [-0.4, -0.2) is 19.5 Å². The van der Waals surface area contributed by atoms with Gasteiger partial charge in [0.05, 0.1) is 13.2 Å². The number of benzene rings is 1. The van der Waals surface area contributed by atoms with Crippen molar-refractivity contribution in [3.63, 3.8) is 0 Å². The van der Waals surface area contributed by atoms with Gasteiger partial charge in [-0.1, -0.05) is 13.8 Å². The van der Waals surface area contributed by atoms with Crippen LogP contribution >= 0.6 is 0 Å². The maximum absolute atomic E-state index is 10.6. The normalized spacial score (nSPS) is 12.3. The Bertz CT molecular complexity index is 358. The molecule has 88 valence electrons. The van der Waals surface area contributed by atoms with E-state index in [1.165, 1.54) is 0 Å². The molecule has 3 nitrogen and oxygen atoms in total. The second-order valence-electron chi connectivity index (χ2n) is 4.10. The second kappa shape index (κ2) is 5.54. The summed E-state index contributed by atoms with van der Waals surface area (Å²) in [5.74, 6) is 1.70. The third-order valence-corrected chi connectivity index (χ3v) is 2.58. The summed E-state index contributed by atoms with van der Waals surface area (Å²) in [4.78, 5) is 10.6. The molecule has 0 saturated heterocycles. The molecule has 3 heteroatoms. The fourth-order valence-corrected chi connectivity index (χ4v) is 1.19. The minimum atomic E-state index is 0.107. The van der Waals surface area contributed by atoms with Crippen molar-refractivity contribution in [2.75, 3.05) is 7.11 Å². The summed E-state index contributed by atoms with van der Waals surface area (Å²) >= 11 is 0. The lowest BCUT2D eigenvalue weighted by atomic mass is 10.1. The number of carbonyl (C=O) groups is 1. The number of ether oxygens (including phenoxy) is 2. The van der Waals surface area contributed by atoms with E-state index in [4.69, 9.17) is 9.47 Å². The lowest BCUT2D eigenvalue weighted by Gasteiger charge is -2.19. The highest BCUT2D eigenvalue weighted by atomic mass is 16.5. The molecule has 1 atom stereocenters. The maximum atomic E-state index is 10.6. The number of methoxy groups -OCH3 is 1. The van der Waals surface area contributed by atoms with E-state index >= 15 is 0 Å². The van der Waals surface area contributed by atoms with E-state index in [1.54, 1.807) is 25.3 Å². The summed E-state index contributed by atoms with van der Waals surface area (Å²) < 4.78 is 10.9. The van der Waals surface area contributed by atoms with E-state index in [9.17, 15) is 4.79 Å². The van der Waals surface area contributed by atoms with Crippen LogP contribution in [0.15, 0.2) is 18.2 Å². The molecule has 1 unspecified atom stereocenters. The van der Waals surface area contributed by atoms with E-state index in [-0.39, 0.29) is 6.10 Å². The molecule has 0 bridgehead atoms. The molecule has 0 radical (unpaired) electrons. The van der Waals surface area contributed by atoms with Crippen LogP contribution in [-0.2, 0) is 0 Å². The first kappa shape index (κ1) is 12.6. The molecular weight excluding hydrogens is 204 g/mol. The number of carbonyl (C=O) groups excluding carboxylic acids is 1. The number of rotatable bonds is 5. The van der Waals surface area contributed by atoms with Gasteiger partial charge in [-0.2, -0.15) is 0 Å². The van der Waals surface area contributed by atoms with Crippen molar-refractivity contribution in [1.82, 2.24) is 0 Å². The summed E-state index contributed by atoms with van der Waals surface area (Å²) in [6, 6.07) is 5.16. The third kappa shape index (κ3) is 2.99. The van der Waals surface area contributed by atoms with Crippen LogP contribution in [0.3, 0.4) is 0 Å². The quantitative estimate of drug-likeness (QED) is 0.718. The van der Waals surface area contributed by atoms with Gasteiger partial charge in [-0.15, -0.1) is 0 Å². The molecule has 0 saturated carbocycles. The highest BCUT2D eigenvalue weighted by molar-refractivity contribution is 5.76. The number of hydrogen-bond donors (Lipinski definition) is 0. The van der Waals surface area contributed by atoms with Gasteiger partial charge in [-0.3, -0.25) is 4.79 Å². The Morgan fingerprint density at radius 2 is 1.88 bits per heavy atom. The van der Waals surface area contributed by atoms with Crippen molar-refractivity contribution >= 4 is 6.29 Å². The van der Waals surface area contributed by atoms with Gasteiger partial charge in [0, 0.05) is 5.56 Å². The minimum Gasteiger partial charge on any atom is -0.493 e. The van der Waals surface area contributed by atoms with Gasteiger partial charge in [-0.25, -0.2) is 0 Å². The van der Waals surface area contributed by atoms with Crippen LogP contribution in [0, 0.1) is 5.92 Å². The first-order valence-corrected chi connectivity index (χ1v) is 5.38. The van der Waals surface area contributed by atoms with Crippen LogP contribution < -0.4 is 9.47 Å². The summed E-state index contributed by atoms with van der Waals surface area (Å²) in [5, 5.41) is 0. The second-order valence-corrected chi connectivity index (χ2v) is 4.10. The Hall–Kier alpha value is -1.51. The lowest BCUT2D eigenvalue weighted by Crippen LogP contribution is -2.18. The van der Waals surface area contributed by atoms with E-state index < -0.39 is 0 Å². The lowest BCUT2D eigenvalue weighted by molar-refractivity contribution is 0.112. The van der Waals surface area contributed by atoms with Crippen molar-refractivity contribution in [3.05, 3.63) is 23.8 Å². The summed E-state index contributed by atoms with van der Waals surface area (Å²) in [6.07, 6.45) is 0.897. The van der Waals surface area contributed by atoms with Crippen molar-refractivity contribution in [3.8, 4) is 11.5 Å². The predicted molar refractivity (Wildman–Crippen MR) is 63.3 cm³/mol. The fraction of sp³-hybridized carbons (Fsp3) is 0.462. The van der Waals surface area contributed by atoms with Crippen molar-refractivity contribution in [1.29, 1.82) is 0 Å². The molecule has 0 aromatic heterocycles. The molecule has 0 N–H and O–H groups in total. The van der Waals surface area contributed by atoms with Crippen LogP contribution in [0.1, 0.15) is 31.1 Å². The van der Waals surface area contributed by atoms with Gasteiger partial charge < -0.3 is 9.47 Å². The van der Waals surface area contributed by atoms with Crippen molar-refractivity contribution in [2.45, 2.75) is 26.9 Å². The van der Waals surface area contributed by atoms with E-state index in [1.807, 2.05) is 6.92 Å². The molecule has 1 rings (SSSR count). The zero-order chi connectivity index (χ0) is 12.1. The number of aldehydes is 1. The Balaban J connectivity index is 2.91. The zero-order valence-corrected chi connectivity index (χ0v) is 10.2. The average molecular weight is 222 g/mol. The standard InChI is InChI=1S/C13H18O3/c1-9(2)10(3)16-12-6-5-11(8-14)7-13(12)15-4/h5-10H,1-4H3. The Kier molecular flexibility index (Phi) is 4.35. The summed E-state index contributed by atoms with van der Waals surface area (Å²) in [5.41, 5.74) is 0.585. The van der Waals surface area contributed by atoms with Gasteiger partial charge in [0.1, 0.15) is 6.29 Å². The molecule has 0 fully saturated rings. The fourth-order valence-electron chi connectivity index (χ4n) is 1.19.